The lowest BCUT2D eigenvalue weighted by Gasteiger charge is -2.20. The van der Waals surface area contributed by atoms with Crippen molar-refractivity contribution in [3.05, 3.63) is 58.8 Å². The van der Waals surface area contributed by atoms with Gasteiger partial charge in [-0.05, 0) is 39.8 Å². The third-order valence-corrected chi connectivity index (χ3v) is 3.42. The molecule has 0 aliphatic carbocycles. The number of hydrogen-bond acceptors (Lipinski definition) is 2. The van der Waals surface area contributed by atoms with E-state index in [0.717, 1.165) is 17.1 Å². The fourth-order valence-electron chi connectivity index (χ4n) is 2.46. The van der Waals surface area contributed by atoms with Crippen LogP contribution in [0.2, 0.25) is 0 Å². The van der Waals surface area contributed by atoms with Crippen molar-refractivity contribution < 1.29 is 8.81 Å². The van der Waals surface area contributed by atoms with Gasteiger partial charge in [0.1, 0.15) is 17.3 Å². The van der Waals surface area contributed by atoms with Gasteiger partial charge in [0.15, 0.2) is 0 Å². The zero-order chi connectivity index (χ0) is 14.0. The number of benzene rings is 1. The van der Waals surface area contributed by atoms with Crippen LogP contribution in [-0.4, -0.2) is 0 Å². The molecule has 2 unspecified atom stereocenters. The van der Waals surface area contributed by atoms with Gasteiger partial charge in [0.05, 0.1) is 0 Å². The number of furan rings is 1. The van der Waals surface area contributed by atoms with Gasteiger partial charge in [-0.1, -0.05) is 18.2 Å². The lowest BCUT2D eigenvalue weighted by atomic mass is 10.0. The number of nitrogens with one attached hydrogen (secondary N) is 1. The second kappa shape index (κ2) is 5.57. The predicted octanol–water partition coefficient (Wildman–Crippen LogP) is 4.45. The molecule has 0 saturated heterocycles. The zero-order valence-corrected chi connectivity index (χ0v) is 11.8. The van der Waals surface area contributed by atoms with E-state index in [-0.39, 0.29) is 17.9 Å². The summed E-state index contributed by atoms with van der Waals surface area (Å²) >= 11 is 0. The molecule has 19 heavy (non-hydrogen) atoms. The fourth-order valence-corrected chi connectivity index (χ4v) is 2.46. The Morgan fingerprint density at radius 1 is 1.05 bits per heavy atom. The van der Waals surface area contributed by atoms with Crippen molar-refractivity contribution in [1.82, 2.24) is 5.32 Å². The Morgan fingerprint density at radius 3 is 2.26 bits per heavy atom. The molecule has 0 bridgehead atoms. The molecule has 2 aromatic rings. The molecule has 1 heterocycles. The van der Waals surface area contributed by atoms with E-state index in [1.165, 1.54) is 6.07 Å². The first-order chi connectivity index (χ1) is 8.99. The van der Waals surface area contributed by atoms with Crippen molar-refractivity contribution >= 4 is 0 Å². The fraction of sp³-hybridized carbons (Fsp3) is 0.375. The Morgan fingerprint density at radius 2 is 1.68 bits per heavy atom. The standard InChI is InChI=1S/C16H20FNO/c1-10-9-15(13(4)19-10)12(3)18-11(2)14-7-5-6-8-16(14)17/h5-9,11-12,18H,1-4H3. The highest BCUT2D eigenvalue weighted by Crippen LogP contribution is 2.25. The van der Waals surface area contributed by atoms with Crippen molar-refractivity contribution in [3.8, 4) is 0 Å². The third-order valence-electron chi connectivity index (χ3n) is 3.42. The normalized spacial score (nSPS) is 14.4. The minimum Gasteiger partial charge on any atom is -0.466 e. The maximum absolute atomic E-state index is 13.7. The van der Waals surface area contributed by atoms with Gasteiger partial charge in [0.2, 0.25) is 0 Å². The highest BCUT2D eigenvalue weighted by atomic mass is 19.1. The van der Waals surface area contributed by atoms with Crippen molar-refractivity contribution in [2.24, 2.45) is 0 Å². The summed E-state index contributed by atoms with van der Waals surface area (Å²) in [6.07, 6.45) is 0. The number of hydrogen-bond donors (Lipinski definition) is 1. The Balaban J connectivity index is 2.13. The van der Waals surface area contributed by atoms with Crippen LogP contribution in [0.4, 0.5) is 4.39 Å². The predicted molar refractivity (Wildman–Crippen MR) is 74.5 cm³/mol. The largest absolute Gasteiger partial charge is 0.466 e. The molecule has 0 amide bonds. The summed E-state index contributed by atoms with van der Waals surface area (Å²) in [6.45, 7) is 7.92. The van der Waals surface area contributed by atoms with E-state index in [9.17, 15) is 4.39 Å². The molecule has 0 radical (unpaired) electrons. The molecule has 3 heteroatoms. The van der Waals surface area contributed by atoms with Crippen LogP contribution < -0.4 is 5.32 Å². The minimum atomic E-state index is -0.171. The zero-order valence-electron chi connectivity index (χ0n) is 11.8. The van der Waals surface area contributed by atoms with Gasteiger partial charge in [0, 0.05) is 23.2 Å². The summed E-state index contributed by atoms with van der Waals surface area (Å²) in [5.41, 5.74) is 1.81. The molecule has 1 aromatic heterocycles. The van der Waals surface area contributed by atoms with Crippen molar-refractivity contribution in [2.75, 3.05) is 0 Å². The van der Waals surface area contributed by atoms with Crippen molar-refractivity contribution in [3.63, 3.8) is 0 Å². The molecule has 2 rings (SSSR count). The van der Waals surface area contributed by atoms with Crippen LogP contribution in [0.15, 0.2) is 34.7 Å². The topological polar surface area (TPSA) is 25.2 Å². The van der Waals surface area contributed by atoms with Crippen molar-refractivity contribution in [1.29, 1.82) is 0 Å². The van der Waals surface area contributed by atoms with Gasteiger partial charge in [-0.15, -0.1) is 0 Å². The summed E-state index contributed by atoms with van der Waals surface area (Å²) in [7, 11) is 0. The Hall–Kier alpha value is -1.61. The quantitative estimate of drug-likeness (QED) is 0.879. The van der Waals surface area contributed by atoms with Crippen LogP contribution in [-0.2, 0) is 0 Å². The number of rotatable bonds is 4. The first kappa shape index (κ1) is 13.8. The molecular formula is C16H20FNO. The second-order valence-electron chi connectivity index (χ2n) is 5.00. The highest BCUT2D eigenvalue weighted by molar-refractivity contribution is 5.25. The third kappa shape index (κ3) is 3.04. The summed E-state index contributed by atoms with van der Waals surface area (Å²) in [4.78, 5) is 0. The smallest absolute Gasteiger partial charge is 0.127 e. The van der Waals surface area contributed by atoms with Gasteiger partial charge < -0.3 is 9.73 Å². The average Bonchev–Trinajstić information content (AvgIpc) is 2.69. The molecule has 0 aliphatic heterocycles. The lowest BCUT2D eigenvalue weighted by molar-refractivity contribution is 0.458. The van der Waals surface area contributed by atoms with E-state index in [4.69, 9.17) is 4.42 Å². The minimum absolute atomic E-state index is 0.0502. The molecule has 2 atom stereocenters. The summed E-state index contributed by atoms with van der Waals surface area (Å²) < 4.78 is 19.3. The Bertz CT molecular complexity index is 562. The molecular weight excluding hydrogens is 241 g/mol. The first-order valence-corrected chi connectivity index (χ1v) is 6.56. The van der Waals surface area contributed by atoms with Gasteiger partial charge >= 0.3 is 0 Å². The van der Waals surface area contributed by atoms with Gasteiger partial charge in [0.25, 0.3) is 0 Å². The lowest BCUT2D eigenvalue weighted by Crippen LogP contribution is -2.23. The molecule has 0 fully saturated rings. The average molecular weight is 261 g/mol. The van der Waals surface area contributed by atoms with Gasteiger partial charge in [-0.25, -0.2) is 4.39 Å². The van der Waals surface area contributed by atoms with E-state index in [1.54, 1.807) is 6.07 Å². The van der Waals surface area contributed by atoms with E-state index >= 15 is 0 Å². The molecule has 0 spiro atoms. The molecule has 0 saturated carbocycles. The van der Waals surface area contributed by atoms with Gasteiger partial charge in [-0.2, -0.15) is 0 Å². The van der Waals surface area contributed by atoms with Crippen LogP contribution in [0.25, 0.3) is 0 Å². The van der Waals surface area contributed by atoms with Crippen molar-refractivity contribution in [2.45, 2.75) is 39.8 Å². The monoisotopic (exact) mass is 261 g/mol. The van der Waals surface area contributed by atoms with E-state index in [2.05, 4.69) is 12.2 Å². The van der Waals surface area contributed by atoms with Crippen LogP contribution in [0.3, 0.4) is 0 Å². The van der Waals surface area contributed by atoms with Crippen LogP contribution in [0.5, 0.6) is 0 Å². The van der Waals surface area contributed by atoms with E-state index < -0.39 is 0 Å². The van der Waals surface area contributed by atoms with E-state index in [1.807, 2.05) is 39.0 Å². The summed E-state index contributed by atoms with van der Waals surface area (Å²) in [6, 6.07) is 8.96. The number of halogens is 1. The highest BCUT2D eigenvalue weighted by Gasteiger charge is 2.17. The van der Waals surface area contributed by atoms with Crippen LogP contribution in [0, 0.1) is 19.7 Å². The molecule has 1 N–H and O–H groups in total. The van der Waals surface area contributed by atoms with E-state index in [0.29, 0.717) is 5.56 Å². The maximum atomic E-state index is 13.7. The maximum Gasteiger partial charge on any atom is 0.127 e. The Kier molecular flexibility index (Phi) is 4.05. The summed E-state index contributed by atoms with van der Waals surface area (Å²) in [5, 5.41) is 3.41. The molecule has 2 nitrogen and oxygen atoms in total. The molecule has 1 aromatic carbocycles. The van der Waals surface area contributed by atoms with Crippen LogP contribution >= 0.6 is 0 Å². The molecule has 102 valence electrons. The first-order valence-electron chi connectivity index (χ1n) is 6.56. The Labute approximate surface area is 113 Å². The SMILES string of the molecule is Cc1cc(C(C)NC(C)c2ccccc2F)c(C)o1. The summed E-state index contributed by atoms with van der Waals surface area (Å²) in [5.74, 6) is 1.65. The van der Waals surface area contributed by atoms with Crippen LogP contribution in [0.1, 0.15) is 48.6 Å². The molecule has 0 aliphatic rings. The second-order valence-corrected chi connectivity index (χ2v) is 5.00. The van der Waals surface area contributed by atoms with Gasteiger partial charge in [-0.3, -0.25) is 0 Å². The number of aryl methyl sites for hydroxylation is 2.